The molecule has 0 atom stereocenters. The minimum atomic E-state index is -4.05. The van der Waals surface area contributed by atoms with Crippen LogP contribution in [0.3, 0.4) is 0 Å². The summed E-state index contributed by atoms with van der Waals surface area (Å²) in [6.45, 7) is 1.32. The normalized spacial score (nSPS) is 11.6. The van der Waals surface area contributed by atoms with Gasteiger partial charge in [-0.3, -0.25) is 4.79 Å². The van der Waals surface area contributed by atoms with E-state index >= 15 is 0 Å². The third-order valence-electron chi connectivity index (χ3n) is 4.05. The molecule has 4 rings (SSSR count). The first-order valence-corrected chi connectivity index (χ1v) is 11.0. The van der Waals surface area contributed by atoms with Crippen LogP contribution in [0, 0.1) is 0 Å². The Kier molecular flexibility index (Phi) is 4.92. The van der Waals surface area contributed by atoms with Crippen LogP contribution in [0.4, 0.5) is 5.13 Å². The summed E-state index contributed by atoms with van der Waals surface area (Å²) >= 11 is 1.10. The van der Waals surface area contributed by atoms with Gasteiger partial charge in [-0.1, -0.05) is 0 Å². The zero-order chi connectivity index (χ0) is 21.5. The second kappa shape index (κ2) is 7.43. The molecule has 0 spiro atoms. The fourth-order valence-electron chi connectivity index (χ4n) is 2.89. The highest BCUT2D eigenvalue weighted by Crippen LogP contribution is 2.29. The van der Waals surface area contributed by atoms with E-state index < -0.39 is 21.5 Å². The van der Waals surface area contributed by atoms with E-state index in [0.717, 1.165) is 11.3 Å². The van der Waals surface area contributed by atoms with Gasteiger partial charge in [-0.05, 0) is 30.3 Å². The van der Waals surface area contributed by atoms with E-state index in [9.17, 15) is 23.1 Å². The Morgan fingerprint density at radius 2 is 1.97 bits per heavy atom. The molecule has 2 N–H and O–H groups in total. The number of rotatable bonds is 5. The fraction of sp³-hybridized carbons (Fsp3) is 0.105. The van der Waals surface area contributed by atoms with Crippen molar-refractivity contribution in [2.24, 2.45) is 0 Å². The molecule has 2 heterocycles. The lowest BCUT2D eigenvalue weighted by atomic mass is 10.1. The van der Waals surface area contributed by atoms with Crippen molar-refractivity contribution in [3.8, 4) is 11.5 Å². The van der Waals surface area contributed by atoms with Crippen LogP contribution >= 0.6 is 11.3 Å². The molecule has 2 aromatic carbocycles. The van der Waals surface area contributed by atoms with Crippen molar-refractivity contribution >= 4 is 54.2 Å². The minimum Gasteiger partial charge on any atom is -0.508 e. The number of amides is 1. The zero-order valence-corrected chi connectivity index (χ0v) is 17.0. The maximum Gasteiger partial charge on any atom is 0.344 e. The van der Waals surface area contributed by atoms with Gasteiger partial charge < -0.3 is 19.0 Å². The molecule has 0 saturated carbocycles. The van der Waals surface area contributed by atoms with Gasteiger partial charge in [0.1, 0.15) is 22.8 Å². The van der Waals surface area contributed by atoms with Crippen molar-refractivity contribution in [1.82, 2.24) is 4.98 Å². The maximum atomic E-state index is 12.4. The molecule has 0 bridgehead atoms. The van der Waals surface area contributed by atoms with E-state index in [1.165, 1.54) is 36.6 Å². The molecule has 0 saturated heterocycles. The molecule has 1 amide bonds. The van der Waals surface area contributed by atoms with Crippen LogP contribution in [0.5, 0.6) is 11.5 Å². The van der Waals surface area contributed by atoms with Crippen LogP contribution < -0.4 is 15.1 Å². The second-order valence-electron chi connectivity index (χ2n) is 6.39. The van der Waals surface area contributed by atoms with Gasteiger partial charge in [-0.25, -0.2) is 9.78 Å². The second-order valence-corrected chi connectivity index (χ2v) is 8.82. The Balaban J connectivity index is 1.62. The van der Waals surface area contributed by atoms with Gasteiger partial charge in [0.05, 0.1) is 11.1 Å². The summed E-state index contributed by atoms with van der Waals surface area (Å²) in [6, 6.07) is 8.65. The average molecular weight is 446 g/mol. The van der Waals surface area contributed by atoms with Crippen LogP contribution in [0.15, 0.2) is 51.0 Å². The summed E-state index contributed by atoms with van der Waals surface area (Å²) in [5.74, 6) is -0.900. The van der Waals surface area contributed by atoms with Gasteiger partial charge in [-0.2, -0.15) is 8.42 Å². The minimum absolute atomic E-state index is 0.0268. The molecule has 0 fully saturated rings. The highest BCUT2D eigenvalue weighted by molar-refractivity contribution is 7.86. The van der Waals surface area contributed by atoms with E-state index in [1.54, 1.807) is 12.1 Å². The van der Waals surface area contributed by atoms with Gasteiger partial charge in [0, 0.05) is 29.1 Å². The number of carbonyl (C=O) groups is 1. The topological polar surface area (TPSA) is 136 Å². The molecule has 9 nitrogen and oxygen atoms in total. The van der Waals surface area contributed by atoms with Crippen LogP contribution in [-0.2, 0) is 20.7 Å². The molecule has 30 heavy (non-hydrogen) atoms. The van der Waals surface area contributed by atoms with Crippen molar-refractivity contribution in [2.75, 3.05) is 5.32 Å². The predicted molar refractivity (Wildman–Crippen MR) is 111 cm³/mol. The molecule has 11 heteroatoms. The van der Waals surface area contributed by atoms with E-state index in [1.807, 2.05) is 0 Å². The van der Waals surface area contributed by atoms with E-state index in [-0.39, 0.29) is 39.2 Å². The first-order chi connectivity index (χ1) is 14.2. The predicted octanol–water partition coefficient (Wildman–Crippen LogP) is 2.98. The SMILES string of the molecule is CC(=O)Nc1nc(CS(=O)(=O)Oc2ccc3c(c2)oc(=O)c2cc(O)ccc23)cs1. The van der Waals surface area contributed by atoms with Gasteiger partial charge in [0.25, 0.3) is 0 Å². The number of phenols is 1. The molecule has 0 aliphatic carbocycles. The Morgan fingerprint density at radius 3 is 2.73 bits per heavy atom. The summed E-state index contributed by atoms with van der Waals surface area (Å²) in [6.07, 6.45) is 0. The fourth-order valence-corrected chi connectivity index (χ4v) is 4.72. The van der Waals surface area contributed by atoms with E-state index in [2.05, 4.69) is 10.3 Å². The van der Waals surface area contributed by atoms with Crippen molar-refractivity contribution in [2.45, 2.75) is 12.7 Å². The summed E-state index contributed by atoms with van der Waals surface area (Å²) in [5.41, 5.74) is -0.296. The highest BCUT2D eigenvalue weighted by atomic mass is 32.2. The highest BCUT2D eigenvalue weighted by Gasteiger charge is 2.18. The maximum absolute atomic E-state index is 12.4. The van der Waals surface area contributed by atoms with Gasteiger partial charge in [-0.15, -0.1) is 11.3 Å². The molecule has 0 aliphatic heterocycles. The largest absolute Gasteiger partial charge is 0.508 e. The summed E-state index contributed by atoms with van der Waals surface area (Å²) in [7, 11) is -4.05. The van der Waals surface area contributed by atoms with Crippen molar-refractivity contribution in [1.29, 1.82) is 0 Å². The summed E-state index contributed by atoms with van der Waals surface area (Å²) < 4.78 is 35.2. The average Bonchev–Trinajstić information content (AvgIpc) is 3.06. The lowest BCUT2D eigenvalue weighted by molar-refractivity contribution is -0.114. The first kappa shape index (κ1) is 19.9. The molecule has 154 valence electrons. The number of hydrogen-bond donors (Lipinski definition) is 2. The number of benzene rings is 2. The number of aromatic nitrogens is 1. The zero-order valence-electron chi connectivity index (χ0n) is 15.4. The number of nitrogens with one attached hydrogen (secondary N) is 1. The molecular formula is C19H14N2O7S2. The summed E-state index contributed by atoms with van der Waals surface area (Å²) in [4.78, 5) is 27.3. The van der Waals surface area contributed by atoms with Crippen LogP contribution in [0.25, 0.3) is 21.7 Å². The van der Waals surface area contributed by atoms with Gasteiger partial charge >= 0.3 is 15.7 Å². The van der Waals surface area contributed by atoms with Crippen molar-refractivity contribution in [3.05, 3.63) is 57.9 Å². The smallest absolute Gasteiger partial charge is 0.344 e. The third kappa shape index (κ3) is 4.11. The Morgan fingerprint density at radius 1 is 1.20 bits per heavy atom. The number of phenolic OH excluding ortho intramolecular Hbond substituents is 1. The molecule has 0 radical (unpaired) electrons. The number of hydrogen-bond acceptors (Lipinski definition) is 9. The monoisotopic (exact) mass is 446 g/mol. The number of aromatic hydroxyl groups is 1. The van der Waals surface area contributed by atoms with E-state index in [0.29, 0.717) is 10.8 Å². The Hall–Kier alpha value is -3.44. The van der Waals surface area contributed by atoms with Crippen molar-refractivity contribution < 1.29 is 26.9 Å². The quantitative estimate of drug-likeness (QED) is 0.271. The molecular weight excluding hydrogens is 432 g/mol. The van der Waals surface area contributed by atoms with Gasteiger partial charge in [0.15, 0.2) is 5.13 Å². The van der Waals surface area contributed by atoms with Gasteiger partial charge in [0.2, 0.25) is 5.91 Å². The molecule has 4 aromatic rings. The molecule has 0 aliphatic rings. The van der Waals surface area contributed by atoms with Crippen LogP contribution in [0.2, 0.25) is 0 Å². The van der Waals surface area contributed by atoms with E-state index in [4.69, 9.17) is 8.60 Å². The lowest BCUT2D eigenvalue weighted by Crippen LogP contribution is -2.13. The number of anilines is 1. The van der Waals surface area contributed by atoms with Crippen molar-refractivity contribution in [3.63, 3.8) is 0 Å². The van der Waals surface area contributed by atoms with Crippen LogP contribution in [0.1, 0.15) is 12.6 Å². The molecule has 2 aromatic heterocycles. The Bertz CT molecular complexity index is 1460. The van der Waals surface area contributed by atoms with Crippen LogP contribution in [-0.4, -0.2) is 24.4 Å². The summed E-state index contributed by atoms with van der Waals surface area (Å²) in [5, 5.41) is 15.2. The molecule has 0 unspecified atom stereocenters. The number of nitrogens with zero attached hydrogens (tertiary/aromatic N) is 1. The third-order valence-corrected chi connectivity index (χ3v) is 5.95. The Labute approximate surface area is 173 Å². The number of thiazole rings is 1. The first-order valence-electron chi connectivity index (χ1n) is 8.54. The number of fused-ring (bicyclic) bond motifs is 3. The standard InChI is InChI=1S/C19H14N2O7S2/c1-10(22)20-19-21-11(8-29-19)9-30(25,26)28-13-3-5-15-14-4-2-12(23)6-16(14)18(24)27-17(15)7-13/h2-8,23H,9H2,1H3,(H,20,21,22). The lowest BCUT2D eigenvalue weighted by Gasteiger charge is -2.08. The number of carbonyl (C=O) groups excluding carboxylic acids is 1.